The molecule has 2 aliphatic rings. The Morgan fingerprint density at radius 2 is 1.72 bits per heavy atom. The van der Waals surface area contributed by atoms with E-state index in [1.807, 2.05) is 52.8 Å². The summed E-state index contributed by atoms with van der Waals surface area (Å²) in [6.07, 6.45) is 27.0. The highest BCUT2D eigenvalue weighted by atomic mass is 19.1. The summed E-state index contributed by atoms with van der Waals surface area (Å²) in [5, 5.41) is 6.33. The van der Waals surface area contributed by atoms with Gasteiger partial charge in [-0.05, 0) is 64.2 Å². The molecule has 0 aromatic carbocycles. The summed E-state index contributed by atoms with van der Waals surface area (Å²) in [6, 6.07) is 3.43. The number of aldehydes is 1. The molecule has 2 N–H and O–H groups in total. The third kappa shape index (κ3) is 28.9. The van der Waals surface area contributed by atoms with E-state index in [-0.39, 0.29) is 5.83 Å². The van der Waals surface area contributed by atoms with Gasteiger partial charge in [0.05, 0.1) is 0 Å². The molecule has 0 spiro atoms. The highest BCUT2D eigenvalue weighted by Gasteiger charge is 2.01. The number of hydrogen-bond acceptors (Lipinski definition) is 6. The molecule has 7 heteroatoms. The molecule has 46 heavy (non-hydrogen) atoms. The quantitative estimate of drug-likeness (QED) is 0.127. The third-order valence-electron chi connectivity index (χ3n) is 5.65. The molecule has 3 rings (SSSR count). The van der Waals surface area contributed by atoms with Crippen molar-refractivity contribution in [3.05, 3.63) is 121 Å². The fourth-order valence-corrected chi connectivity index (χ4v) is 3.33. The summed E-state index contributed by atoms with van der Waals surface area (Å²) in [6.45, 7) is 23.9. The Hall–Kier alpha value is -3.81. The van der Waals surface area contributed by atoms with Gasteiger partial charge < -0.3 is 20.3 Å². The average Bonchev–Trinajstić information content (AvgIpc) is 3.51. The number of aromatic nitrogens is 1. The summed E-state index contributed by atoms with van der Waals surface area (Å²) < 4.78 is 17.9. The lowest BCUT2D eigenvalue weighted by molar-refractivity contribution is 0.112. The minimum atomic E-state index is -0.275. The Balaban J connectivity index is -0.000000525. The predicted octanol–water partition coefficient (Wildman–Crippen LogP) is 9.50. The topological polar surface area (TPSA) is 66.5 Å². The van der Waals surface area contributed by atoms with Crippen molar-refractivity contribution >= 4 is 12.1 Å². The number of likely N-dealkylation sites (N-methyl/N-ethyl adjacent to an activating group) is 1. The fraction of sp³-hybridized carbons (Fsp3) is 0.436. The standard InChI is InChI=1S/C10H11FO.C10H12N2O.C9H12.C6H16N2.2C2H6/c1-2-7-12-10-6-4-3-5-9(11)8-10;1-3-6-12(2)10-7-9(8-13)4-5-11-10;1-2-9-7-5-3-4-6-8-9;1-3-8-6-4-5-7-2;2*1-2/h2-5,8H,1,6-7H2;3-5,7-8H,1,6H2,2H3;3-7H,2,8H2,1H3;7-8H,3-6H2,1-2H3;2*1-2H3. The maximum atomic E-state index is 12.7. The summed E-state index contributed by atoms with van der Waals surface area (Å²) in [4.78, 5) is 16.5. The first-order valence-corrected chi connectivity index (χ1v) is 16.5. The number of halogens is 1. The molecule has 258 valence electrons. The molecule has 0 aliphatic heterocycles. The number of pyridine rings is 1. The maximum absolute atomic E-state index is 12.7. The second kappa shape index (κ2) is 37.4. The van der Waals surface area contributed by atoms with Crippen LogP contribution < -0.4 is 15.5 Å². The summed E-state index contributed by atoms with van der Waals surface area (Å²) >= 11 is 0. The Morgan fingerprint density at radius 1 is 1.00 bits per heavy atom. The molecule has 0 radical (unpaired) electrons. The molecule has 1 heterocycles. The van der Waals surface area contributed by atoms with Crippen LogP contribution in [0.15, 0.2) is 115 Å². The summed E-state index contributed by atoms with van der Waals surface area (Å²) in [5.74, 6) is 1.14. The van der Waals surface area contributed by atoms with Gasteiger partial charge in [0.2, 0.25) is 0 Å². The maximum Gasteiger partial charge on any atom is 0.150 e. The van der Waals surface area contributed by atoms with E-state index in [1.165, 1.54) is 30.6 Å². The number of nitrogens with zero attached hydrogens (tertiary/aromatic N) is 2. The zero-order valence-electron chi connectivity index (χ0n) is 30.0. The van der Waals surface area contributed by atoms with Crippen LogP contribution in [0.3, 0.4) is 0 Å². The van der Waals surface area contributed by atoms with Crippen LogP contribution in [-0.4, -0.2) is 58.2 Å². The van der Waals surface area contributed by atoms with Crippen LogP contribution in [0, 0.1) is 0 Å². The molecule has 0 saturated heterocycles. The normalized spacial score (nSPS) is 12.2. The van der Waals surface area contributed by atoms with Gasteiger partial charge in [-0.25, -0.2) is 9.37 Å². The molecule has 0 bridgehead atoms. The lowest BCUT2D eigenvalue weighted by Crippen LogP contribution is -2.18. The number of allylic oxidation sites excluding steroid dienone is 11. The van der Waals surface area contributed by atoms with Crippen LogP contribution in [0.4, 0.5) is 10.2 Å². The SMILES string of the molecule is C=CCN(C)c1cc(C=O)ccn1.C=CCOC1=CC(F)=CC=CC1.CC.CC.CCC1=CC=CC=CC1.CCNCCCNC. The lowest BCUT2D eigenvalue weighted by atomic mass is 10.1. The van der Waals surface area contributed by atoms with Gasteiger partial charge in [-0.3, -0.25) is 4.79 Å². The minimum absolute atomic E-state index is 0.275. The number of carbonyl (C=O) groups is 1. The Bertz CT molecular complexity index is 1070. The van der Waals surface area contributed by atoms with Gasteiger partial charge in [-0.2, -0.15) is 0 Å². The molecule has 1 aromatic rings. The molecule has 0 unspecified atom stereocenters. The van der Waals surface area contributed by atoms with Crippen LogP contribution in [0.5, 0.6) is 0 Å². The first-order valence-electron chi connectivity index (χ1n) is 16.5. The number of rotatable bonds is 13. The van der Waals surface area contributed by atoms with E-state index in [0.717, 1.165) is 44.7 Å². The molecule has 6 nitrogen and oxygen atoms in total. The molecule has 1 aromatic heterocycles. The summed E-state index contributed by atoms with van der Waals surface area (Å²) in [7, 11) is 3.88. The molecule has 0 fully saturated rings. The van der Waals surface area contributed by atoms with E-state index in [0.29, 0.717) is 24.4 Å². The van der Waals surface area contributed by atoms with E-state index in [4.69, 9.17) is 4.74 Å². The highest BCUT2D eigenvalue weighted by Crippen LogP contribution is 2.14. The number of hydrogen-bond donors (Lipinski definition) is 2. The lowest BCUT2D eigenvalue weighted by Gasteiger charge is -2.15. The monoisotopic (exact) mass is 638 g/mol. The minimum Gasteiger partial charge on any atom is -0.493 e. The van der Waals surface area contributed by atoms with Crippen LogP contribution in [0.25, 0.3) is 0 Å². The van der Waals surface area contributed by atoms with Crippen LogP contribution >= 0.6 is 0 Å². The first kappa shape index (κ1) is 46.6. The van der Waals surface area contributed by atoms with E-state index in [1.54, 1.807) is 36.6 Å². The molecule has 2 aliphatic carbocycles. The Labute approximate surface area is 281 Å². The van der Waals surface area contributed by atoms with Gasteiger partial charge in [0, 0.05) is 37.8 Å². The van der Waals surface area contributed by atoms with Gasteiger partial charge in [0.1, 0.15) is 30.3 Å². The number of carbonyl (C=O) groups excluding carboxylic acids is 1. The molecule has 0 amide bonds. The van der Waals surface area contributed by atoms with E-state index in [9.17, 15) is 9.18 Å². The summed E-state index contributed by atoms with van der Waals surface area (Å²) in [5.41, 5.74) is 2.15. The van der Waals surface area contributed by atoms with Crippen molar-refractivity contribution in [2.45, 2.75) is 67.2 Å². The Morgan fingerprint density at radius 3 is 2.33 bits per heavy atom. The van der Waals surface area contributed by atoms with Crippen LogP contribution in [-0.2, 0) is 4.74 Å². The second-order valence-corrected chi connectivity index (χ2v) is 9.13. The highest BCUT2D eigenvalue weighted by molar-refractivity contribution is 5.76. The van der Waals surface area contributed by atoms with E-state index in [2.05, 4.69) is 73.0 Å². The van der Waals surface area contributed by atoms with E-state index < -0.39 is 0 Å². The fourth-order valence-electron chi connectivity index (χ4n) is 3.33. The van der Waals surface area contributed by atoms with Crippen molar-refractivity contribution in [2.75, 3.05) is 51.8 Å². The Kier molecular flexibility index (Phi) is 37.9. The number of anilines is 1. The first-order chi connectivity index (χ1) is 22.4. The zero-order chi connectivity index (χ0) is 35.3. The van der Waals surface area contributed by atoms with Crippen molar-refractivity contribution in [3.63, 3.8) is 0 Å². The second-order valence-electron chi connectivity index (χ2n) is 9.13. The van der Waals surface area contributed by atoms with Gasteiger partial charge in [-0.1, -0.05) is 108 Å². The van der Waals surface area contributed by atoms with Crippen molar-refractivity contribution in [3.8, 4) is 0 Å². The van der Waals surface area contributed by atoms with Crippen molar-refractivity contribution in [1.29, 1.82) is 0 Å². The van der Waals surface area contributed by atoms with Crippen molar-refractivity contribution < 1.29 is 13.9 Å². The third-order valence-corrected chi connectivity index (χ3v) is 5.65. The smallest absolute Gasteiger partial charge is 0.150 e. The predicted molar refractivity (Wildman–Crippen MR) is 201 cm³/mol. The zero-order valence-corrected chi connectivity index (χ0v) is 30.0. The van der Waals surface area contributed by atoms with E-state index >= 15 is 0 Å². The average molecular weight is 639 g/mol. The number of nitrogens with one attached hydrogen (secondary N) is 2. The molecular formula is C39H63FN4O2. The van der Waals surface area contributed by atoms with Crippen molar-refractivity contribution in [1.82, 2.24) is 15.6 Å². The van der Waals surface area contributed by atoms with Crippen LogP contribution in [0.2, 0.25) is 0 Å². The largest absolute Gasteiger partial charge is 0.493 e. The van der Waals surface area contributed by atoms with Gasteiger partial charge in [0.25, 0.3) is 0 Å². The number of ether oxygens (including phenoxy) is 1. The molecular weight excluding hydrogens is 575 g/mol. The van der Waals surface area contributed by atoms with Gasteiger partial charge in [-0.15, -0.1) is 6.58 Å². The van der Waals surface area contributed by atoms with Crippen molar-refractivity contribution in [2.24, 2.45) is 0 Å². The van der Waals surface area contributed by atoms with Gasteiger partial charge >= 0.3 is 0 Å². The molecule has 0 saturated carbocycles. The van der Waals surface area contributed by atoms with Gasteiger partial charge in [0.15, 0.2) is 0 Å². The molecule has 0 atom stereocenters. The van der Waals surface area contributed by atoms with Crippen LogP contribution in [0.1, 0.15) is 77.6 Å².